The molecule has 1 atom stereocenters. The minimum atomic E-state index is -0.146. The van der Waals surface area contributed by atoms with E-state index in [9.17, 15) is 9.59 Å². The Hall–Kier alpha value is -3.06. The van der Waals surface area contributed by atoms with Crippen LogP contribution in [0.3, 0.4) is 0 Å². The highest BCUT2D eigenvalue weighted by molar-refractivity contribution is 7.18. The lowest BCUT2D eigenvalue weighted by atomic mass is 10.0. The molecule has 5 rings (SSSR count). The molecule has 0 saturated carbocycles. The van der Waals surface area contributed by atoms with E-state index in [2.05, 4.69) is 11.2 Å². The normalized spacial score (nSPS) is 17.0. The molecule has 2 aromatic carbocycles. The Morgan fingerprint density at radius 1 is 1.10 bits per heavy atom. The Balaban J connectivity index is 1.48. The number of likely N-dealkylation sites (tertiary alicyclic amines) is 1. The van der Waals surface area contributed by atoms with Gasteiger partial charge in [-0.05, 0) is 37.5 Å². The number of fused-ring (bicyclic) bond motifs is 2. The maximum atomic E-state index is 13.4. The van der Waals surface area contributed by atoms with Crippen molar-refractivity contribution in [1.29, 1.82) is 0 Å². The Morgan fingerprint density at radius 2 is 1.87 bits per heavy atom. The number of thiazole rings is 1. The number of aryl methyl sites for hydroxylation is 1. The van der Waals surface area contributed by atoms with Gasteiger partial charge in [0.05, 0.1) is 33.8 Å². The molecule has 1 saturated heterocycles. The zero-order valence-corrected chi connectivity index (χ0v) is 17.6. The van der Waals surface area contributed by atoms with E-state index in [0.29, 0.717) is 11.1 Å². The molecule has 0 bridgehead atoms. The van der Waals surface area contributed by atoms with Crippen LogP contribution in [0.15, 0.2) is 53.3 Å². The fourth-order valence-electron chi connectivity index (χ4n) is 4.27. The summed E-state index contributed by atoms with van der Waals surface area (Å²) in [6, 6.07) is 15.5. The summed E-state index contributed by atoms with van der Waals surface area (Å²) in [5, 5.41) is 6.76. The molecule has 0 radical (unpaired) electrons. The zero-order chi connectivity index (χ0) is 20.7. The molecule has 3 heterocycles. The molecule has 0 unspecified atom stereocenters. The summed E-state index contributed by atoms with van der Waals surface area (Å²) >= 11 is 1.67. The van der Waals surface area contributed by atoms with Crippen molar-refractivity contribution in [3.8, 4) is 0 Å². The molecule has 1 amide bonds. The number of benzene rings is 2. The fraction of sp³-hybridized carbons (Fsp3) is 0.304. The molecular weight excluding hydrogens is 396 g/mol. The summed E-state index contributed by atoms with van der Waals surface area (Å²) in [7, 11) is 1.63. The van der Waals surface area contributed by atoms with Crippen molar-refractivity contribution < 1.29 is 4.79 Å². The van der Waals surface area contributed by atoms with Crippen molar-refractivity contribution in [3.63, 3.8) is 0 Å². The van der Waals surface area contributed by atoms with Crippen molar-refractivity contribution in [2.75, 3.05) is 6.54 Å². The lowest BCUT2D eigenvalue weighted by molar-refractivity contribution is -0.134. The molecule has 2 aromatic heterocycles. The minimum absolute atomic E-state index is 0.00226. The molecule has 30 heavy (non-hydrogen) atoms. The van der Waals surface area contributed by atoms with Crippen LogP contribution in [0.4, 0.5) is 0 Å². The number of hydrogen-bond donors (Lipinski definition) is 0. The average Bonchev–Trinajstić information content (AvgIpc) is 3.21. The Bertz CT molecular complexity index is 1280. The second kappa shape index (κ2) is 7.65. The van der Waals surface area contributed by atoms with Gasteiger partial charge in [0.2, 0.25) is 5.91 Å². The molecule has 4 aromatic rings. The van der Waals surface area contributed by atoms with Crippen LogP contribution in [0.25, 0.3) is 21.0 Å². The zero-order valence-electron chi connectivity index (χ0n) is 16.7. The summed E-state index contributed by atoms with van der Waals surface area (Å²) in [5.41, 5.74) is 1.49. The molecule has 6 nitrogen and oxygen atoms in total. The third kappa shape index (κ3) is 3.29. The van der Waals surface area contributed by atoms with Crippen LogP contribution >= 0.6 is 11.3 Å². The fourth-order valence-corrected chi connectivity index (χ4v) is 5.39. The first-order valence-electron chi connectivity index (χ1n) is 10.2. The molecule has 0 N–H and O–H groups in total. The molecule has 1 fully saturated rings. The maximum absolute atomic E-state index is 13.4. The highest BCUT2D eigenvalue weighted by Gasteiger charge is 2.31. The smallest absolute Gasteiger partial charge is 0.274 e. The second-order valence-electron chi connectivity index (χ2n) is 7.72. The predicted molar refractivity (Wildman–Crippen MR) is 119 cm³/mol. The standard InChI is InChI=1S/C23H22N4O2S/c1-26-23(29)16-9-3-2-8-15(16)18(25-26)14-21(28)27-13-7-6-11-19(27)22-24-17-10-4-5-12-20(17)30-22/h2-5,8-10,12,19H,6-7,11,13-14H2,1H3/t19-/m1/s1. The second-order valence-corrected chi connectivity index (χ2v) is 8.78. The first kappa shape index (κ1) is 18.9. The number of aromatic nitrogens is 3. The van der Waals surface area contributed by atoms with E-state index in [1.807, 2.05) is 41.3 Å². The van der Waals surface area contributed by atoms with Gasteiger partial charge in [-0.2, -0.15) is 5.10 Å². The quantitative estimate of drug-likeness (QED) is 0.507. The highest BCUT2D eigenvalue weighted by atomic mass is 32.1. The van der Waals surface area contributed by atoms with E-state index in [-0.39, 0.29) is 23.9 Å². The number of carbonyl (C=O) groups excluding carboxylic acids is 1. The van der Waals surface area contributed by atoms with Crippen molar-refractivity contribution in [1.82, 2.24) is 19.7 Å². The Kier molecular flexibility index (Phi) is 4.83. The van der Waals surface area contributed by atoms with Gasteiger partial charge < -0.3 is 4.90 Å². The molecule has 7 heteroatoms. The molecule has 1 aliphatic heterocycles. The summed E-state index contributed by atoms with van der Waals surface area (Å²) in [6.45, 7) is 0.725. The average molecular weight is 419 g/mol. The molecular formula is C23H22N4O2S. The van der Waals surface area contributed by atoms with Gasteiger partial charge >= 0.3 is 0 Å². The van der Waals surface area contributed by atoms with Crippen LogP contribution in [-0.4, -0.2) is 32.1 Å². The van der Waals surface area contributed by atoms with Crippen LogP contribution in [0, 0.1) is 0 Å². The number of hydrogen-bond acceptors (Lipinski definition) is 5. The number of para-hydroxylation sites is 1. The topological polar surface area (TPSA) is 68.1 Å². The van der Waals surface area contributed by atoms with Crippen LogP contribution in [0.1, 0.15) is 36.0 Å². The Morgan fingerprint density at radius 3 is 2.70 bits per heavy atom. The number of amides is 1. The van der Waals surface area contributed by atoms with Gasteiger partial charge in [-0.1, -0.05) is 30.3 Å². The van der Waals surface area contributed by atoms with E-state index in [1.165, 1.54) is 4.68 Å². The van der Waals surface area contributed by atoms with E-state index in [0.717, 1.165) is 46.4 Å². The van der Waals surface area contributed by atoms with Crippen LogP contribution in [0.2, 0.25) is 0 Å². The summed E-state index contributed by atoms with van der Waals surface area (Å²) < 4.78 is 2.47. The monoisotopic (exact) mass is 418 g/mol. The number of rotatable bonds is 3. The van der Waals surface area contributed by atoms with Gasteiger partial charge in [0.1, 0.15) is 5.01 Å². The summed E-state index contributed by atoms with van der Waals surface area (Å²) in [4.78, 5) is 32.5. The minimum Gasteiger partial charge on any atom is -0.333 e. The largest absolute Gasteiger partial charge is 0.333 e. The lowest BCUT2D eigenvalue weighted by Gasteiger charge is -2.34. The number of carbonyl (C=O) groups is 1. The van der Waals surface area contributed by atoms with Gasteiger partial charge in [-0.3, -0.25) is 9.59 Å². The SMILES string of the molecule is Cn1nc(CC(=O)N2CCCC[C@@H]2c2nc3ccccc3s2)c2ccccc2c1=O. The third-order valence-electron chi connectivity index (χ3n) is 5.77. The summed E-state index contributed by atoms with van der Waals surface area (Å²) in [5.74, 6) is 0.0373. The highest BCUT2D eigenvalue weighted by Crippen LogP contribution is 2.36. The van der Waals surface area contributed by atoms with Crippen LogP contribution in [-0.2, 0) is 18.3 Å². The van der Waals surface area contributed by atoms with Crippen molar-refractivity contribution in [2.24, 2.45) is 7.05 Å². The number of piperidine rings is 1. The van der Waals surface area contributed by atoms with Gasteiger partial charge in [-0.25, -0.2) is 9.67 Å². The van der Waals surface area contributed by atoms with Crippen LogP contribution < -0.4 is 5.56 Å². The van der Waals surface area contributed by atoms with E-state index in [4.69, 9.17) is 4.98 Å². The lowest BCUT2D eigenvalue weighted by Crippen LogP contribution is -2.39. The maximum Gasteiger partial charge on any atom is 0.274 e. The van der Waals surface area contributed by atoms with E-state index < -0.39 is 0 Å². The van der Waals surface area contributed by atoms with Crippen LogP contribution in [0.5, 0.6) is 0 Å². The third-order valence-corrected chi connectivity index (χ3v) is 6.91. The summed E-state index contributed by atoms with van der Waals surface area (Å²) in [6.07, 6.45) is 3.18. The molecule has 152 valence electrons. The van der Waals surface area contributed by atoms with Crippen molar-refractivity contribution in [3.05, 3.63) is 69.6 Å². The molecule has 0 spiro atoms. The molecule has 1 aliphatic rings. The van der Waals surface area contributed by atoms with Crippen molar-refractivity contribution in [2.45, 2.75) is 31.7 Å². The number of nitrogens with zero attached hydrogens (tertiary/aromatic N) is 4. The van der Waals surface area contributed by atoms with Gasteiger partial charge in [-0.15, -0.1) is 11.3 Å². The van der Waals surface area contributed by atoms with Crippen molar-refractivity contribution >= 4 is 38.2 Å². The van der Waals surface area contributed by atoms with E-state index >= 15 is 0 Å². The van der Waals surface area contributed by atoms with E-state index in [1.54, 1.807) is 24.5 Å². The van der Waals surface area contributed by atoms with Gasteiger partial charge in [0, 0.05) is 19.0 Å². The predicted octanol–water partition coefficient (Wildman–Crippen LogP) is 3.84. The van der Waals surface area contributed by atoms with Gasteiger partial charge in [0.25, 0.3) is 5.56 Å². The Labute approximate surface area is 177 Å². The molecule has 0 aliphatic carbocycles. The first-order chi connectivity index (χ1) is 14.6. The van der Waals surface area contributed by atoms with Gasteiger partial charge in [0.15, 0.2) is 0 Å². The first-order valence-corrected chi connectivity index (χ1v) is 11.0.